The van der Waals surface area contributed by atoms with Gasteiger partial charge in [-0.2, -0.15) is 5.10 Å². The molecule has 6 N–H and O–H groups in total. The number of hydrogen-bond acceptors (Lipinski definition) is 16. The summed E-state index contributed by atoms with van der Waals surface area (Å²) in [5.41, 5.74) is 6.06. The van der Waals surface area contributed by atoms with Gasteiger partial charge in [0.2, 0.25) is 0 Å². The summed E-state index contributed by atoms with van der Waals surface area (Å²) < 4.78 is 33.7. The van der Waals surface area contributed by atoms with Gasteiger partial charge in [-0.05, 0) is 105 Å². The number of hydrogen-bond donors (Lipinski definition) is 5. The predicted molar refractivity (Wildman–Crippen MR) is 247 cm³/mol. The van der Waals surface area contributed by atoms with Crippen LogP contribution in [0.3, 0.4) is 0 Å². The van der Waals surface area contributed by atoms with Crippen LogP contribution in [-0.2, 0) is 39.8 Å². The summed E-state index contributed by atoms with van der Waals surface area (Å²) in [6.45, 7) is 14.3. The van der Waals surface area contributed by atoms with Crippen LogP contribution in [0.1, 0.15) is 91.1 Å². The lowest BCUT2D eigenvalue weighted by atomic mass is 9.78. The highest BCUT2D eigenvalue weighted by atomic mass is 16.7. The van der Waals surface area contributed by atoms with E-state index in [9.17, 15) is 24.3 Å². The van der Waals surface area contributed by atoms with Gasteiger partial charge in [0.05, 0.1) is 30.0 Å². The number of amides is 2. The summed E-state index contributed by atoms with van der Waals surface area (Å²) in [5.74, 6) is -3.89. The number of anilines is 1. The van der Waals surface area contributed by atoms with Gasteiger partial charge in [-0.25, -0.2) is 4.79 Å². The van der Waals surface area contributed by atoms with Gasteiger partial charge in [0.25, 0.3) is 5.91 Å². The number of fused-ring (bicyclic) bond motifs is 1. The number of rotatable bonds is 14. The van der Waals surface area contributed by atoms with Crippen molar-refractivity contribution < 1.29 is 48.0 Å². The van der Waals surface area contributed by atoms with Crippen molar-refractivity contribution in [3.63, 3.8) is 0 Å². The fourth-order valence-corrected chi connectivity index (χ4v) is 10.2. The van der Waals surface area contributed by atoms with E-state index in [-0.39, 0.29) is 24.4 Å². The lowest BCUT2D eigenvalue weighted by Crippen LogP contribution is -2.61. The van der Waals surface area contributed by atoms with E-state index in [4.69, 9.17) is 29.4 Å². The molecule has 3 fully saturated rings. The van der Waals surface area contributed by atoms with E-state index < -0.39 is 83.7 Å². The third kappa shape index (κ3) is 11.7. The standard InChI is InChI=1S/C47H72N10O10/c1-11-37-47(7)40(57(45(62)67-47)20-13-12-19-56-26-35(53-54-56)31-15-14-16-32(48)21-31)30(5)49-24-27(2)23-46(6,63-10)41(28(3)38(58)29(4)43(61)65-37)66-44-39(59)36(55(8)9)22-33(64-44)25-50-42(60)34-17-18-51-52-34/h14-18,21,26-30,33,36-37,39-41,44,49,59H,11-13,19-20,22-25,48H2,1-10H3,(H,50,60)(H,51,52)/t27-,28+,29-,30-,33?,36?,37-,39?,40-,41-,44+,46-,47-/m1/s1. The second kappa shape index (κ2) is 22.0. The number of aryl methyl sites for hydroxylation is 1. The molecule has 67 heavy (non-hydrogen) atoms. The third-order valence-corrected chi connectivity index (χ3v) is 13.9. The van der Waals surface area contributed by atoms with Crippen LogP contribution in [-0.4, -0.2) is 165 Å². The van der Waals surface area contributed by atoms with E-state index in [2.05, 4.69) is 38.1 Å². The monoisotopic (exact) mass is 937 g/mol. The first-order valence-corrected chi connectivity index (χ1v) is 23.5. The molecule has 20 nitrogen and oxygen atoms in total. The molecule has 3 unspecified atom stereocenters. The summed E-state index contributed by atoms with van der Waals surface area (Å²) in [6.07, 6.45) is 0.348. The molecule has 2 amide bonds. The maximum Gasteiger partial charge on any atom is 0.410 e. The molecule has 0 saturated carbocycles. The summed E-state index contributed by atoms with van der Waals surface area (Å²) in [5, 5.41) is 33.4. The predicted octanol–water partition coefficient (Wildman–Crippen LogP) is 3.42. The third-order valence-electron chi connectivity index (χ3n) is 13.9. The van der Waals surface area contributed by atoms with Gasteiger partial charge >= 0.3 is 12.1 Å². The molecule has 5 heterocycles. The number of Topliss-reactive ketones (excluding diaryl/α,β-unsaturated/α-hetero) is 1. The Kier molecular flexibility index (Phi) is 16.9. The molecule has 370 valence electrons. The molecular weight excluding hydrogens is 865 g/mol. The molecule has 0 spiro atoms. The van der Waals surface area contributed by atoms with Crippen LogP contribution in [0.25, 0.3) is 11.3 Å². The van der Waals surface area contributed by atoms with Crippen LogP contribution in [0.2, 0.25) is 0 Å². The van der Waals surface area contributed by atoms with Crippen LogP contribution in [0, 0.1) is 17.8 Å². The van der Waals surface area contributed by atoms with E-state index >= 15 is 0 Å². The van der Waals surface area contributed by atoms with Gasteiger partial charge in [-0.15, -0.1) is 5.10 Å². The minimum absolute atomic E-state index is 0.0852. The SMILES string of the molecule is CC[C@H]1OC(=O)[C@H](C)C(=O)[C@H](C)[C@@H](O[C@@H]2OC(CNC(=O)c3ccn[nH]3)CC(N(C)C)C2O)[C@](C)(OC)C[C@@H](C)CN[C@H](C)[C@H]2N(CCCCn3cc(-c4cccc(N)c4)nn3)C(=O)O[C@]12C. The molecule has 2 aromatic heterocycles. The Morgan fingerprint density at radius 3 is 2.52 bits per heavy atom. The van der Waals surface area contributed by atoms with Crippen molar-refractivity contribution in [3.05, 3.63) is 48.4 Å². The van der Waals surface area contributed by atoms with Gasteiger partial charge < -0.3 is 50.1 Å². The lowest BCUT2D eigenvalue weighted by Gasteiger charge is -2.47. The highest BCUT2D eigenvalue weighted by Gasteiger charge is 2.59. The van der Waals surface area contributed by atoms with Gasteiger partial charge in [-0.1, -0.05) is 38.1 Å². The van der Waals surface area contributed by atoms with Crippen LogP contribution in [0.5, 0.6) is 0 Å². The number of methoxy groups -OCH3 is 1. The fourth-order valence-electron chi connectivity index (χ4n) is 10.2. The quantitative estimate of drug-likeness (QED) is 0.0672. The first-order chi connectivity index (χ1) is 31.8. The Morgan fingerprint density at radius 2 is 1.85 bits per heavy atom. The number of nitrogens with zero attached hydrogens (tertiary/aromatic N) is 6. The Hall–Kier alpha value is -4.99. The molecule has 3 aliphatic rings. The van der Waals surface area contributed by atoms with Crippen molar-refractivity contribution >= 4 is 29.4 Å². The molecule has 3 aromatic rings. The van der Waals surface area contributed by atoms with Crippen LogP contribution >= 0.6 is 0 Å². The van der Waals surface area contributed by atoms with Gasteiger partial charge in [0, 0.05) is 62.2 Å². The maximum absolute atomic E-state index is 14.6. The summed E-state index contributed by atoms with van der Waals surface area (Å²) in [6, 6.07) is 7.69. The number of aromatic nitrogens is 5. The zero-order valence-corrected chi connectivity index (χ0v) is 40.6. The normalized spacial score (nSPS) is 33.4. The van der Waals surface area contributed by atoms with Crippen molar-refractivity contribution in [3.8, 4) is 11.3 Å². The van der Waals surface area contributed by atoms with E-state index in [0.29, 0.717) is 68.8 Å². The zero-order valence-electron chi connectivity index (χ0n) is 40.6. The average Bonchev–Trinajstić information content (AvgIpc) is 4.07. The van der Waals surface area contributed by atoms with E-state index in [1.54, 1.807) is 36.6 Å². The van der Waals surface area contributed by atoms with Gasteiger partial charge in [0.1, 0.15) is 29.5 Å². The van der Waals surface area contributed by atoms with Crippen molar-refractivity contribution in [2.45, 2.75) is 147 Å². The number of nitrogen functional groups attached to an aromatic ring is 1. The van der Waals surface area contributed by atoms with Crippen molar-refractivity contribution in [2.24, 2.45) is 17.8 Å². The second-order valence-corrected chi connectivity index (χ2v) is 19.3. The molecule has 0 bridgehead atoms. The number of aliphatic hydroxyl groups excluding tert-OH is 1. The molecule has 0 radical (unpaired) electrons. The number of esters is 1. The van der Waals surface area contributed by atoms with Crippen molar-refractivity contribution in [1.82, 2.24) is 45.6 Å². The largest absolute Gasteiger partial charge is 0.458 e. The molecule has 6 rings (SSSR count). The van der Waals surface area contributed by atoms with Gasteiger partial charge in [0.15, 0.2) is 17.7 Å². The number of nitrogens with one attached hydrogen (secondary N) is 3. The summed E-state index contributed by atoms with van der Waals surface area (Å²) in [7, 11) is 5.23. The highest BCUT2D eigenvalue weighted by Crippen LogP contribution is 2.40. The lowest BCUT2D eigenvalue weighted by molar-refractivity contribution is -0.296. The fraction of sp³-hybridized carbons (Fsp3) is 0.681. The number of cyclic esters (lactones) is 1. The number of likely N-dealkylation sites (N-methyl/N-ethyl adjacent to an activating group) is 1. The number of benzene rings is 1. The van der Waals surface area contributed by atoms with Crippen LogP contribution in [0.15, 0.2) is 42.7 Å². The summed E-state index contributed by atoms with van der Waals surface area (Å²) >= 11 is 0. The molecule has 0 aliphatic carbocycles. The number of unbranched alkanes of at least 4 members (excludes halogenated alkanes) is 1. The van der Waals surface area contributed by atoms with E-state index in [1.165, 1.54) is 13.1 Å². The highest BCUT2D eigenvalue weighted by molar-refractivity contribution is 6.00. The van der Waals surface area contributed by atoms with Crippen LogP contribution in [0.4, 0.5) is 10.5 Å². The number of ether oxygens (including phenoxy) is 5. The van der Waals surface area contributed by atoms with Crippen LogP contribution < -0.4 is 16.4 Å². The van der Waals surface area contributed by atoms with Crippen molar-refractivity contribution in [2.75, 3.05) is 46.6 Å². The first kappa shape index (κ1) is 51.4. The zero-order chi connectivity index (χ0) is 48.8. The topological polar surface area (TPSA) is 251 Å². The van der Waals surface area contributed by atoms with Crippen molar-refractivity contribution in [1.29, 1.82) is 0 Å². The minimum Gasteiger partial charge on any atom is -0.458 e. The molecule has 3 saturated heterocycles. The Balaban J connectivity index is 1.21. The average molecular weight is 937 g/mol. The van der Waals surface area contributed by atoms with E-state index in [1.807, 2.05) is 70.2 Å². The molecule has 1 aromatic carbocycles. The Labute approximate surface area is 393 Å². The number of aliphatic hydroxyl groups is 1. The molecule has 20 heteroatoms. The van der Waals surface area contributed by atoms with Gasteiger partial charge in [-0.3, -0.25) is 29.1 Å². The minimum atomic E-state index is -1.28. The Bertz CT molecular complexity index is 2140. The number of ketones is 1. The summed E-state index contributed by atoms with van der Waals surface area (Å²) in [4.78, 5) is 59.1. The number of aromatic amines is 1. The Morgan fingerprint density at radius 1 is 1.10 bits per heavy atom. The molecular formula is C47H72N10O10. The number of carbonyl (C=O) groups is 4. The molecule has 13 atom stereocenters. The smallest absolute Gasteiger partial charge is 0.410 e. The number of H-pyrrole nitrogens is 1. The number of nitrogens with two attached hydrogens (primary N) is 1. The molecule has 3 aliphatic heterocycles. The first-order valence-electron chi connectivity index (χ1n) is 23.5. The van der Waals surface area contributed by atoms with E-state index in [0.717, 1.165) is 5.56 Å². The number of carbonyl (C=O) groups excluding carboxylic acids is 4. The maximum atomic E-state index is 14.6. The second-order valence-electron chi connectivity index (χ2n) is 19.3.